The van der Waals surface area contributed by atoms with Crippen LogP contribution in [0.3, 0.4) is 0 Å². The first-order valence-electron chi connectivity index (χ1n) is 11.3. The fourth-order valence-electron chi connectivity index (χ4n) is 2.94. The molecule has 1 N–H and O–H groups in total. The molecule has 1 aromatic heterocycles. The van der Waals surface area contributed by atoms with Gasteiger partial charge in [0.1, 0.15) is 6.23 Å². The van der Waals surface area contributed by atoms with Gasteiger partial charge in [0.15, 0.2) is 5.60 Å². The van der Waals surface area contributed by atoms with Crippen LogP contribution in [0, 0.1) is 19.3 Å². The molecule has 37 heavy (non-hydrogen) atoms. The van der Waals surface area contributed by atoms with Crippen LogP contribution >= 0.6 is 8.60 Å². The number of nitrogens with zero attached hydrogens (tertiary/aromatic N) is 1. The van der Waals surface area contributed by atoms with Crippen LogP contribution < -0.4 is 11.2 Å². The molecule has 2 heterocycles. The Labute approximate surface area is 214 Å². The number of aryl methyl sites for hydroxylation is 1. The van der Waals surface area contributed by atoms with E-state index in [4.69, 9.17) is 43.7 Å². The maximum Gasteiger partial charge on any atom is 0.510 e. The molecule has 0 amide bonds. The summed E-state index contributed by atoms with van der Waals surface area (Å²) in [5, 5.41) is 0. The summed E-state index contributed by atoms with van der Waals surface area (Å²) < 4.78 is 42.7. The smallest absolute Gasteiger partial charge is 0.432 e. The van der Waals surface area contributed by atoms with Gasteiger partial charge >= 0.3 is 26.6 Å². The summed E-state index contributed by atoms with van der Waals surface area (Å²) in [6.45, 7) is 6.71. The Bertz CT molecular complexity index is 1050. The van der Waals surface area contributed by atoms with E-state index in [0.717, 1.165) is 0 Å². The molecule has 2 atom stereocenters. The van der Waals surface area contributed by atoms with Crippen LogP contribution in [0.2, 0.25) is 0 Å². The van der Waals surface area contributed by atoms with Gasteiger partial charge < -0.3 is 28.2 Å². The van der Waals surface area contributed by atoms with Gasteiger partial charge in [-0.05, 0) is 47.5 Å². The third kappa shape index (κ3) is 9.79. The number of terminal acetylenes is 1. The van der Waals surface area contributed by atoms with Gasteiger partial charge in [-0.2, -0.15) is 0 Å². The Balaban J connectivity index is 2.00. The molecule has 1 aliphatic rings. The zero-order chi connectivity index (χ0) is 27.6. The molecule has 1 fully saturated rings. The summed E-state index contributed by atoms with van der Waals surface area (Å²) in [5.41, 5.74) is -2.07. The zero-order valence-corrected chi connectivity index (χ0v) is 22.1. The van der Waals surface area contributed by atoms with Gasteiger partial charge in [0, 0.05) is 11.8 Å². The molecule has 1 saturated heterocycles. The fourth-order valence-corrected chi connectivity index (χ4v) is 3.76. The first kappa shape index (κ1) is 30.3. The van der Waals surface area contributed by atoms with Crippen molar-refractivity contribution in [2.45, 2.75) is 71.5 Å². The zero-order valence-electron chi connectivity index (χ0n) is 21.2. The number of aromatic amines is 1. The van der Waals surface area contributed by atoms with Gasteiger partial charge in [-0.15, -0.1) is 6.42 Å². The summed E-state index contributed by atoms with van der Waals surface area (Å²) in [7, 11) is -2.26. The van der Waals surface area contributed by atoms with Crippen molar-refractivity contribution in [3.63, 3.8) is 0 Å². The number of ether oxygens (including phenoxy) is 5. The number of nitrogens with one attached hydrogen (secondary N) is 1. The molecule has 0 saturated carbocycles. The lowest BCUT2D eigenvalue weighted by molar-refractivity contribution is -0.0718. The Morgan fingerprint density at radius 1 is 1.14 bits per heavy atom. The topological polar surface area (TPSA) is 163 Å². The molecular weight excluding hydrogens is 515 g/mol. The number of hydrogen-bond donors (Lipinski definition) is 1. The minimum absolute atomic E-state index is 0.240. The molecule has 14 nitrogen and oxygen atoms in total. The van der Waals surface area contributed by atoms with E-state index < -0.39 is 69.8 Å². The molecule has 0 aromatic carbocycles. The standard InChI is InChI=1S/C22H31N2O12P/c1-7-22(9-8-17(36-22)24-10-16(6)18(25)23-19(24)26)11-31-37(32-12-29-20(27)34-14(2)3)33-13-30-21(28)35-15(4)5/h1,10,14-15,17H,8-9,11-13H2,2-6H3,(H,23,25,26). The van der Waals surface area contributed by atoms with Gasteiger partial charge in [-0.3, -0.25) is 23.4 Å². The predicted octanol–water partition coefficient (Wildman–Crippen LogP) is 2.84. The summed E-state index contributed by atoms with van der Waals surface area (Å²) in [6.07, 6.45) is 4.27. The number of aromatic nitrogens is 2. The quantitative estimate of drug-likeness (QED) is 0.177. The van der Waals surface area contributed by atoms with Crippen molar-refractivity contribution in [1.29, 1.82) is 0 Å². The van der Waals surface area contributed by atoms with Gasteiger partial charge in [0.05, 0.1) is 18.8 Å². The van der Waals surface area contributed by atoms with Gasteiger partial charge in [0.2, 0.25) is 13.6 Å². The number of carbonyl (C=O) groups excluding carboxylic acids is 2. The minimum Gasteiger partial charge on any atom is -0.432 e. The van der Waals surface area contributed by atoms with Crippen LogP contribution in [0.25, 0.3) is 0 Å². The van der Waals surface area contributed by atoms with Gasteiger partial charge in [-0.1, -0.05) is 5.92 Å². The van der Waals surface area contributed by atoms with Crippen LogP contribution in [-0.2, 0) is 37.3 Å². The monoisotopic (exact) mass is 546 g/mol. The van der Waals surface area contributed by atoms with E-state index in [9.17, 15) is 19.2 Å². The first-order valence-corrected chi connectivity index (χ1v) is 12.4. The van der Waals surface area contributed by atoms with E-state index in [0.29, 0.717) is 18.4 Å². The van der Waals surface area contributed by atoms with Crippen molar-refractivity contribution < 1.29 is 46.8 Å². The van der Waals surface area contributed by atoms with E-state index in [1.54, 1.807) is 34.6 Å². The minimum atomic E-state index is -2.26. The highest BCUT2D eigenvalue weighted by atomic mass is 31.2. The normalized spacial score (nSPS) is 19.2. The van der Waals surface area contributed by atoms with E-state index >= 15 is 0 Å². The molecule has 206 valence electrons. The Hall–Kier alpha value is -2.95. The van der Waals surface area contributed by atoms with E-state index in [1.807, 2.05) is 0 Å². The molecule has 2 unspecified atom stereocenters. The van der Waals surface area contributed by atoms with E-state index in [-0.39, 0.29) is 6.61 Å². The van der Waals surface area contributed by atoms with Crippen LogP contribution in [0.4, 0.5) is 9.59 Å². The van der Waals surface area contributed by atoms with Crippen molar-refractivity contribution in [2.24, 2.45) is 0 Å². The molecule has 0 radical (unpaired) electrons. The predicted molar refractivity (Wildman–Crippen MR) is 127 cm³/mol. The summed E-state index contributed by atoms with van der Waals surface area (Å²) in [4.78, 5) is 49.2. The summed E-state index contributed by atoms with van der Waals surface area (Å²) in [5.74, 6) is 2.52. The molecule has 1 aromatic rings. The number of H-pyrrole nitrogens is 1. The van der Waals surface area contributed by atoms with Crippen LogP contribution in [0.5, 0.6) is 0 Å². The lowest BCUT2D eigenvalue weighted by Crippen LogP contribution is -2.36. The average molecular weight is 546 g/mol. The van der Waals surface area contributed by atoms with Crippen LogP contribution in [0.1, 0.15) is 52.3 Å². The van der Waals surface area contributed by atoms with E-state index in [2.05, 4.69) is 10.9 Å². The highest BCUT2D eigenvalue weighted by Gasteiger charge is 2.41. The Morgan fingerprint density at radius 3 is 2.22 bits per heavy atom. The largest absolute Gasteiger partial charge is 0.510 e. The maximum absolute atomic E-state index is 12.2. The lowest BCUT2D eigenvalue weighted by Gasteiger charge is -2.26. The molecule has 2 rings (SSSR count). The fraction of sp³-hybridized carbons (Fsp3) is 0.636. The third-order valence-corrected chi connectivity index (χ3v) is 5.59. The Kier molecular flexibility index (Phi) is 11.5. The third-order valence-electron chi connectivity index (χ3n) is 4.61. The summed E-state index contributed by atoms with van der Waals surface area (Å²) >= 11 is 0. The average Bonchev–Trinajstić information content (AvgIpc) is 3.23. The van der Waals surface area contributed by atoms with Crippen LogP contribution in [0.15, 0.2) is 15.8 Å². The molecule has 0 bridgehead atoms. The molecule has 1 aliphatic heterocycles. The lowest BCUT2D eigenvalue weighted by atomic mass is 10.0. The van der Waals surface area contributed by atoms with Crippen molar-refractivity contribution in [3.8, 4) is 12.3 Å². The second-order valence-corrected chi connectivity index (χ2v) is 9.56. The number of carbonyl (C=O) groups is 2. The van der Waals surface area contributed by atoms with Crippen molar-refractivity contribution in [2.75, 3.05) is 20.2 Å². The molecule has 0 aliphatic carbocycles. The number of rotatable bonds is 12. The first-order chi connectivity index (χ1) is 17.4. The second kappa shape index (κ2) is 14.1. The highest BCUT2D eigenvalue weighted by molar-refractivity contribution is 7.41. The number of hydrogen-bond acceptors (Lipinski definition) is 12. The maximum atomic E-state index is 12.2. The summed E-state index contributed by atoms with van der Waals surface area (Å²) in [6, 6.07) is 0. The van der Waals surface area contributed by atoms with Crippen molar-refractivity contribution in [1.82, 2.24) is 9.55 Å². The highest BCUT2D eigenvalue weighted by Crippen LogP contribution is 2.43. The molecular formula is C22H31N2O12P. The van der Waals surface area contributed by atoms with Crippen molar-refractivity contribution in [3.05, 3.63) is 32.6 Å². The second-order valence-electron chi connectivity index (χ2n) is 8.34. The van der Waals surface area contributed by atoms with Crippen molar-refractivity contribution >= 4 is 20.9 Å². The SMILES string of the molecule is C#CC1(COP(OCOC(=O)OC(C)C)OCOC(=O)OC(C)C)CCC(n2cc(C)c(=O)[nH]c2=O)O1. The van der Waals surface area contributed by atoms with Crippen LogP contribution in [-0.4, -0.2) is 59.9 Å². The molecule has 0 spiro atoms. The van der Waals surface area contributed by atoms with Gasteiger partial charge in [-0.25, -0.2) is 14.4 Å². The van der Waals surface area contributed by atoms with Gasteiger partial charge in [0.25, 0.3) is 5.56 Å². The Morgan fingerprint density at radius 2 is 1.70 bits per heavy atom. The molecule has 15 heteroatoms. The van der Waals surface area contributed by atoms with E-state index in [1.165, 1.54) is 10.8 Å².